The number of nitrogens with two attached hydrogens (primary N) is 1. The zero-order valence-corrected chi connectivity index (χ0v) is 24.3. The number of esters is 2. The van der Waals surface area contributed by atoms with E-state index in [1.807, 2.05) is 6.92 Å². The molecule has 3 aliphatic rings. The van der Waals surface area contributed by atoms with Gasteiger partial charge in [-0.1, -0.05) is 32.4 Å². The monoisotopic (exact) mass is 600 g/mol. The second-order valence-corrected chi connectivity index (χ2v) is 11.3. The lowest BCUT2D eigenvalue weighted by atomic mass is 9.54. The van der Waals surface area contributed by atoms with E-state index in [1.54, 1.807) is 13.0 Å². The summed E-state index contributed by atoms with van der Waals surface area (Å²) in [6.07, 6.45) is -0.887. The van der Waals surface area contributed by atoms with Crippen molar-refractivity contribution in [1.29, 1.82) is 0 Å². The number of ketones is 2. The number of fused-ring (bicyclic) bond motifs is 3. The summed E-state index contributed by atoms with van der Waals surface area (Å²) in [5, 5.41) is 45.2. The SMILES string of the molecule is CCCCOC(=O)CCC(=O)O[C@@H]1[C@@H]2C(=C(O)c3c(O)cccc3[C@H]2C)C(=O)[C@@]2(O)C(O)=C(C(N)=O)C(=O)[C@H](N(C)C)[C@@H]12. The number of aromatic hydroxyl groups is 1. The average Bonchev–Trinajstić information content (AvgIpc) is 2.93. The van der Waals surface area contributed by atoms with Gasteiger partial charge in [0.05, 0.1) is 37.0 Å². The number of unbranched alkanes of at least 4 members (excludes halogenated alkanes) is 1. The predicted molar refractivity (Wildman–Crippen MR) is 149 cm³/mol. The van der Waals surface area contributed by atoms with Gasteiger partial charge in [-0.2, -0.15) is 0 Å². The molecular formula is C30H36N2O11. The number of carbonyl (C=O) groups is 5. The van der Waals surface area contributed by atoms with Gasteiger partial charge in [-0.3, -0.25) is 28.9 Å². The van der Waals surface area contributed by atoms with Gasteiger partial charge in [-0.05, 0) is 38.1 Å². The molecule has 0 aromatic heterocycles. The molecular weight excluding hydrogens is 564 g/mol. The Kier molecular flexibility index (Phi) is 8.70. The second kappa shape index (κ2) is 11.8. The fourth-order valence-electron chi connectivity index (χ4n) is 6.51. The molecule has 6 atom stereocenters. The van der Waals surface area contributed by atoms with Crippen LogP contribution in [0.15, 0.2) is 35.1 Å². The molecule has 3 aliphatic carbocycles. The molecule has 0 radical (unpaired) electrons. The highest BCUT2D eigenvalue weighted by Gasteiger charge is 2.69. The number of ether oxygens (including phenoxy) is 2. The van der Waals surface area contributed by atoms with Gasteiger partial charge in [0.2, 0.25) is 5.78 Å². The lowest BCUT2D eigenvalue weighted by Crippen LogP contribution is -2.71. The van der Waals surface area contributed by atoms with Crippen molar-refractivity contribution >= 4 is 35.2 Å². The number of nitrogens with zero attached hydrogens (tertiary/aromatic N) is 1. The normalized spacial score (nSPS) is 28.3. The molecule has 1 saturated carbocycles. The lowest BCUT2D eigenvalue weighted by Gasteiger charge is -2.54. The lowest BCUT2D eigenvalue weighted by molar-refractivity contribution is -0.185. The van der Waals surface area contributed by atoms with E-state index < -0.39 is 94.0 Å². The summed E-state index contributed by atoms with van der Waals surface area (Å²) < 4.78 is 10.9. The number of amides is 1. The van der Waals surface area contributed by atoms with Crippen LogP contribution in [0.3, 0.4) is 0 Å². The Morgan fingerprint density at radius 3 is 2.33 bits per heavy atom. The highest BCUT2D eigenvalue weighted by Crippen LogP contribution is 2.56. The number of primary amides is 1. The molecule has 1 amide bonds. The topological polar surface area (TPSA) is 214 Å². The van der Waals surface area contributed by atoms with Crippen LogP contribution in [0.25, 0.3) is 5.76 Å². The summed E-state index contributed by atoms with van der Waals surface area (Å²) in [5.41, 5.74) is 1.17. The number of benzene rings is 1. The Morgan fingerprint density at radius 2 is 1.72 bits per heavy atom. The molecule has 0 aliphatic heterocycles. The van der Waals surface area contributed by atoms with E-state index in [9.17, 15) is 44.4 Å². The van der Waals surface area contributed by atoms with Crippen LogP contribution in [0.1, 0.15) is 56.6 Å². The number of rotatable bonds is 9. The average molecular weight is 601 g/mol. The summed E-state index contributed by atoms with van der Waals surface area (Å²) >= 11 is 0. The van der Waals surface area contributed by atoms with Crippen molar-refractivity contribution in [2.75, 3.05) is 20.7 Å². The maximum atomic E-state index is 14.2. The van der Waals surface area contributed by atoms with Crippen LogP contribution in [-0.4, -0.2) is 93.2 Å². The van der Waals surface area contributed by atoms with E-state index in [-0.39, 0.29) is 24.3 Å². The molecule has 6 N–H and O–H groups in total. The summed E-state index contributed by atoms with van der Waals surface area (Å²) in [6.45, 7) is 3.76. The van der Waals surface area contributed by atoms with E-state index in [0.29, 0.717) is 12.0 Å². The summed E-state index contributed by atoms with van der Waals surface area (Å²) in [6, 6.07) is 2.91. The van der Waals surface area contributed by atoms with Crippen molar-refractivity contribution < 1.29 is 53.9 Å². The third kappa shape index (κ3) is 5.06. The molecule has 1 fully saturated rings. The molecule has 0 saturated heterocycles. The number of aliphatic hydroxyl groups is 3. The van der Waals surface area contributed by atoms with Crippen molar-refractivity contribution in [3.05, 3.63) is 46.2 Å². The Hall–Kier alpha value is -4.23. The quantitative estimate of drug-likeness (QED) is 0.153. The van der Waals surface area contributed by atoms with Crippen molar-refractivity contribution in [3.63, 3.8) is 0 Å². The maximum Gasteiger partial charge on any atom is 0.306 e. The minimum atomic E-state index is -3.04. The predicted octanol–water partition coefficient (Wildman–Crippen LogP) is 1.17. The number of Topliss-reactive ketones (excluding diaryl/α,β-unsaturated/α-hetero) is 2. The van der Waals surface area contributed by atoms with Gasteiger partial charge in [-0.15, -0.1) is 0 Å². The number of hydrogen-bond donors (Lipinski definition) is 5. The Morgan fingerprint density at radius 1 is 1.07 bits per heavy atom. The molecule has 43 heavy (non-hydrogen) atoms. The maximum absolute atomic E-state index is 14.2. The van der Waals surface area contributed by atoms with Crippen molar-refractivity contribution in [1.82, 2.24) is 4.90 Å². The third-order valence-corrected chi connectivity index (χ3v) is 8.53. The molecule has 0 spiro atoms. The smallest absolute Gasteiger partial charge is 0.306 e. The van der Waals surface area contributed by atoms with E-state index in [1.165, 1.54) is 31.1 Å². The zero-order chi connectivity index (χ0) is 32.0. The van der Waals surface area contributed by atoms with Gasteiger partial charge in [0, 0.05) is 11.5 Å². The summed E-state index contributed by atoms with van der Waals surface area (Å²) in [4.78, 5) is 66.7. The van der Waals surface area contributed by atoms with E-state index in [0.717, 1.165) is 6.42 Å². The van der Waals surface area contributed by atoms with Crippen LogP contribution in [0.5, 0.6) is 5.75 Å². The molecule has 4 rings (SSSR count). The first kappa shape index (κ1) is 31.7. The molecule has 232 valence electrons. The molecule has 13 nitrogen and oxygen atoms in total. The van der Waals surface area contributed by atoms with Crippen LogP contribution in [0, 0.1) is 11.8 Å². The van der Waals surface area contributed by atoms with Gasteiger partial charge in [0.15, 0.2) is 11.4 Å². The van der Waals surface area contributed by atoms with Gasteiger partial charge in [0.1, 0.15) is 28.9 Å². The Balaban J connectivity index is 1.89. The first-order valence-electron chi connectivity index (χ1n) is 14.0. The first-order valence-corrected chi connectivity index (χ1v) is 14.0. The fraction of sp³-hybridized carbons (Fsp3) is 0.500. The number of phenolic OH excluding ortho intramolecular Hbond substituents is 1. The van der Waals surface area contributed by atoms with Gasteiger partial charge in [0.25, 0.3) is 5.91 Å². The van der Waals surface area contributed by atoms with Crippen LogP contribution in [0.2, 0.25) is 0 Å². The van der Waals surface area contributed by atoms with Gasteiger partial charge in [-0.25, -0.2) is 0 Å². The van der Waals surface area contributed by atoms with E-state index in [2.05, 4.69) is 0 Å². The summed E-state index contributed by atoms with van der Waals surface area (Å²) in [7, 11) is 2.86. The van der Waals surface area contributed by atoms with Crippen LogP contribution in [0.4, 0.5) is 0 Å². The molecule has 1 aromatic carbocycles. The van der Waals surface area contributed by atoms with Crippen molar-refractivity contribution in [3.8, 4) is 5.75 Å². The Labute approximate surface area is 247 Å². The molecule has 13 heteroatoms. The highest BCUT2D eigenvalue weighted by molar-refractivity contribution is 6.24. The standard InChI is InChI=1S/C30H36N2O11/c1-5-6-12-42-16(34)10-11-17(35)43-26-18-13(2)14-8-7-9-15(33)19(14)24(36)20(18)27(38)30(41)22(26)23(32(3)4)25(37)21(28(30)39)29(31)40/h7-9,13,18,22-23,26,33,36,39,41H,5-6,10-12H2,1-4H3,(H2,31,40)/t13-,18+,22+,23-,26-,30-/m1/s1. The zero-order valence-electron chi connectivity index (χ0n) is 24.3. The largest absolute Gasteiger partial charge is 0.508 e. The third-order valence-electron chi connectivity index (χ3n) is 8.53. The number of carbonyl (C=O) groups excluding carboxylic acids is 5. The number of hydrogen-bond acceptors (Lipinski definition) is 12. The Bertz CT molecular complexity index is 1450. The minimum absolute atomic E-state index is 0.0915. The molecule has 0 unspecified atom stereocenters. The van der Waals surface area contributed by atoms with Crippen LogP contribution < -0.4 is 5.73 Å². The van der Waals surface area contributed by atoms with Crippen LogP contribution in [-0.2, 0) is 33.4 Å². The van der Waals surface area contributed by atoms with Gasteiger partial charge < -0.3 is 35.6 Å². The second-order valence-electron chi connectivity index (χ2n) is 11.3. The van der Waals surface area contributed by atoms with Crippen LogP contribution >= 0.6 is 0 Å². The molecule has 0 heterocycles. The van der Waals surface area contributed by atoms with E-state index >= 15 is 0 Å². The van der Waals surface area contributed by atoms with Crippen molar-refractivity contribution in [2.24, 2.45) is 17.6 Å². The highest BCUT2D eigenvalue weighted by atomic mass is 16.5. The fourth-order valence-corrected chi connectivity index (χ4v) is 6.51. The molecule has 1 aromatic rings. The summed E-state index contributed by atoms with van der Waals surface area (Å²) in [5.74, 6) is -11.2. The van der Waals surface area contributed by atoms with Crippen molar-refractivity contribution in [2.45, 2.75) is 63.2 Å². The number of likely N-dealkylation sites (N-methyl/N-ethyl adjacent to an activating group) is 1. The van der Waals surface area contributed by atoms with Gasteiger partial charge >= 0.3 is 11.9 Å². The minimum Gasteiger partial charge on any atom is -0.508 e. The first-order chi connectivity index (χ1) is 20.2. The number of phenols is 1. The van der Waals surface area contributed by atoms with E-state index in [4.69, 9.17) is 15.2 Å². The molecule has 0 bridgehead atoms. The number of aliphatic hydroxyl groups excluding tert-OH is 2.